The molecule has 1 aromatic heterocycles. The van der Waals surface area contributed by atoms with Gasteiger partial charge in [0.1, 0.15) is 18.1 Å². The van der Waals surface area contributed by atoms with Crippen LogP contribution in [-0.4, -0.2) is 16.6 Å². The van der Waals surface area contributed by atoms with Gasteiger partial charge in [-0.25, -0.2) is 9.02 Å². The second kappa shape index (κ2) is 5.13. The van der Waals surface area contributed by atoms with Crippen LogP contribution in [0.1, 0.15) is 11.7 Å². The summed E-state index contributed by atoms with van der Waals surface area (Å²) in [5.41, 5.74) is 6.21. The molecule has 0 amide bonds. The van der Waals surface area contributed by atoms with Gasteiger partial charge in [-0.3, -0.25) is 0 Å². The SMILES string of the molecule is Nc1nonc1C(C=O)Nc1ccc(F)c(Br)c1. The quantitative estimate of drug-likeness (QED) is 0.837. The number of benzene rings is 1. The van der Waals surface area contributed by atoms with Crippen LogP contribution < -0.4 is 11.1 Å². The van der Waals surface area contributed by atoms with Crippen LogP contribution in [0, 0.1) is 5.82 Å². The van der Waals surface area contributed by atoms with Crippen molar-refractivity contribution >= 4 is 33.7 Å². The van der Waals surface area contributed by atoms with Gasteiger partial charge in [0.05, 0.1) is 4.47 Å². The van der Waals surface area contributed by atoms with Crippen molar-refractivity contribution in [1.82, 2.24) is 10.3 Å². The number of carbonyl (C=O) groups is 1. The highest BCUT2D eigenvalue weighted by Gasteiger charge is 2.19. The summed E-state index contributed by atoms with van der Waals surface area (Å²) in [4.78, 5) is 11.0. The Morgan fingerprint density at radius 1 is 1.50 bits per heavy atom. The van der Waals surface area contributed by atoms with Crippen LogP contribution >= 0.6 is 15.9 Å². The molecule has 0 aliphatic heterocycles. The number of anilines is 2. The van der Waals surface area contributed by atoms with E-state index in [4.69, 9.17) is 5.73 Å². The van der Waals surface area contributed by atoms with E-state index in [9.17, 15) is 9.18 Å². The van der Waals surface area contributed by atoms with Crippen molar-refractivity contribution in [1.29, 1.82) is 0 Å². The van der Waals surface area contributed by atoms with Gasteiger partial charge in [0.25, 0.3) is 0 Å². The van der Waals surface area contributed by atoms with Crippen molar-refractivity contribution < 1.29 is 13.8 Å². The van der Waals surface area contributed by atoms with Gasteiger partial charge in [0.2, 0.25) is 0 Å². The molecular formula is C10H8BrFN4O2. The average molecular weight is 315 g/mol. The van der Waals surface area contributed by atoms with Crippen molar-refractivity contribution in [2.24, 2.45) is 0 Å². The van der Waals surface area contributed by atoms with Gasteiger partial charge in [-0.2, -0.15) is 0 Å². The summed E-state index contributed by atoms with van der Waals surface area (Å²) < 4.78 is 17.8. The van der Waals surface area contributed by atoms with Crippen molar-refractivity contribution in [2.45, 2.75) is 6.04 Å². The molecule has 8 heteroatoms. The second-order valence-corrected chi connectivity index (χ2v) is 4.28. The first-order valence-electron chi connectivity index (χ1n) is 4.86. The summed E-state index contributed by atoms with van der Waals surface area (Å²) in [7, 11) is 0. The summed E-state index contributed by atoms with van der Waals surface area (Å²) >= 11 is 3.05. The number of halogens is 2. The molecule has 0 saturated carbocycles. The number of nitrogen functional groups attached to an aromatic ring is 1. The normalized spacial score (nSPS) is 12.1. The Hall–Kier alpha value is -1.96. The molecule has 1 heterocycles. The molecule has 1 unspecified atom stereocenters. The first-order valence-corrected chi connectivity index (χ1v) is 5.66. The van der Waals surface area contributed by atoms with Gasteiger partial charge in [-0.1, -0.05) is 0 Å². The van der Waals surface area contributed by atoms with E-state index >= 15 is 0 Å². The molecule has 18 heavy (non-hydrogen) atoms. The van der Waals surface area contributed by atoms with Crippen molar-refractivity contribution in [2.75, 3.05) is 11.1 Å². The first kappa shape index (κ1) is 12.5. The van der Waals surface area contributed by atoms with Crippen molar-refractivity contribution in [3.63, 3.8) is 0 Å². The number of carbonyl (C=O) groups excluding carboxylic acids is 1. The fraction of sp³-hybridized carbons (Fsp3) is 0.100. The van der Waals surface area contributed by atoms with Gasteiger partial charge in [-0.15, -0.1) is 0 Å². The molecule has 0 aliphatic carbocycles. The van der Waals surface area contributed by atoms with Crippen LogP contribution in [0.5, 0.6) is 0 Å². The summed E-state index contributed by atoms with van der Waals surface area (Å²) in [5.74, 6) is -0.369. The number of rotatable bonds is 4. The number of aldehydes is 1. The lowest BCUT2D eigenvalue weighted by atomic mass is 10.2. The number of aromatic nitrogens is 2. The Labute approximate surface area is 109 Å². The minimum Gasteiger partial charge on any atom is -0.379 e. The van der Waals surface area contributed by atoms with Crippen LogP contribution in [0.2, 0.25) is 0 Å². The number of hydrogen-bond acceptors (Lipinski definition) is 6. The van der Waals surface area contributed by atoms with Crippen LogP contribution in [0.25, 0.3) is 0 Å². The van der Waals surface area contributed by atoms with E-state index in [0.717, 1.165) is 0 Å². The van der Waals surface area contributed by atoms with E-state index in [2.05, 4.69) is 36.2 Å². The minimum atomic E-state index is -0.811. The zero-order valence-electron chi connectivity index (χ0n) is 8.93. The molecule has 0 aliphatic rings. The minimum absolute atomic E-state index is 0.0285. The predicted octanol–water partition coefficient (Wildman–Crippen LogP) is 1.91. The summed E-state index contributed by atoms with van der Waals surface area (Å²) in [5, 5.41) is 9.75. The predicted molar refractivity (Wildman–Crippen MR) is 65.2 cm³/mol. The van der Waals surface area contributed by atoms with E-state index in [1.807, 2.05) is 0 Å². The van der Waals surface area contributed by atoms with E-state index in [1.54, 1.807) is 0 Å². The molecule has 6 nitrogen and oxygen atoms in total. The van der Waals surface area contributed by atoms with Gasteiger partial charge < -0.3 is 15.8 Å². The second-order valence-electron chi connectivity index (χ2n) is 3.42. The molecule has 0 bridgehead atoms. The topological polar surface area (TPSA) is 94.0 Å². The highest BCUT2D eigenvalue weighted by atomic mass is 79.9. The molecule has 3 N–H and O–H groups in total. The third-order valence-electron chi connectivity index (χ3n) is 2.21. The van der Waals surface area contributed by atoms with Gasteiger partial charge >= 0.3 is 0 Å². The van der Waals surface area contributed by atoms with Crippen molar-refractivity contribution in [3.8, 4) is 0 Å². The van der Waals surface area contributed by atoms with Crippen LogP contribution in [0.4, 0.5) is 15.9 Å². The lowest BCUT2D eigenvalue weighted by Crippen LogP contribution is -2.14. The first-order chi connectivity index (χ1) is 8.61. The summed E-state index contributed by atoms with van der Waals surface area (Å²) in [6.45, 7) is 0. The Bertz CT molecular complexity index is 575. The molecule has 94 valence electrons. The lowest BCUT2D eigenvalue weighted by molar-refractivity contribution is -0.108. The van der Waals surface area contributed by atoms with Gasteiger partial charge in [0.15, 0.2) is 11.5 Å². The molecule has 1 atom stereocenters. The molecule has 2 rings (SSSR count). The van der Waals surface area contributed by atoms with E-state index in [0.29, 0.717) is 12.0 Å². The largest absolute Gasteiger partial charge is 0.379 e. The smallest absolute Gasteiger partial charge is 0.194 e. The van der Waals surface area contributed by atoms with Gasteiger partial charge in [0, 0.05) is 5.69 Å². The maximum atomic E-state index is 13.1. The molecular weight excluding hydrogens is 307 g/mol. The molecule has 0 saturated heterocycles. The number of nitrogens with zero attached hydrogens (tertiary/aromatic N) is 2. The van der Waals surface area contributed by atoms with Crippen LogP contribution in [0.3, 0.4) is 0 Å². The number of hydrogen-bond donors (Lipinski definition) is 2. The monoisotopic (exact) mass is 314 g/mol. The fourth-order valence-electron chi connectivity index (χ4n) is 1.35. The molecule has 0 fully saturated rings. The highest BCUT2D eigenvalue weighted by Crippen LogP contribution is 2.24. The number of nitrogens with one attached hydrogen (secondary N) is 1. The number of nitrogens with two attached hydrogens (primary N) is 1. The summed E-state index contributed by atoms with van der Waals surface area (Å²) in [6, 6.07) is 3.43. The Morgan fingerprint density at radius 2 is 2.28 bits per heavy atom. The van der Waals surface area contributed by atoms with Crippen molar-refractivity contribution in [3.05, 3.63) is 34.2 Å². The third-order valence-corrected chi connectivity index (χ3v) is 2.82. The molecule has 2 aromatic rings. The Balaban J connectivity index is 2.23. The highest BCUT2D eigenvalue weighted by molar-refractivity contribution is 9.10. The Kier molecular flexibility index (Phi) is 3.56. The molecule has 1 aromatic carbocycles. The van der Waals surface area contributed by atoms with Gasteiger partial charge in [-0.05, 0) is 44.4 Å². The standard InChI is InChI=1S/C10H8BrFN4O2/c11-6-3-5(1-2-7(6)12)14-8(4-17)9-10(13)16-18-15-9/h1-4,8,14H,(H2,13,16). The zero-order chi connectivity index (χ0) is 13.1. The zero-order valence-corrected chi connectivity index (χ0v) is 10.5. The molecule has 0 radical (unpaired) electrons. The summed E-state index contributed by atoms with van der Waals surface area (Å²) in [6.07, 6.45) is 0.604. The average Bonchev–Trinajstić information content (AvgIpc) is 2.77. The molecule has 0 spiro atoms. The maximum absolute atomic E-state index is 13.1. The third kappa shape index (κ3) is 2.48. The fourth-order valence-corrected chi connectivity index (χ4v) is 1.73. The maximum Gasteiger partial charge on any atom is 0.194 e. The Morgan fingerprint density at radius 3 is 2.83 bits per heavy atom. The lowest BCUT2D eigenvalue weighted by Gasteiger charge is -2.11. The van der Waals surface area contributed by atoms with Crippen LogP contribution in [0.15, 0.2) is 27.3 Å². The van der Waals surface area contributed by atoms with E-state index in [-0.39, 0.29) is 16.0 Å². The van der Waals surface area contributed by atoms with E-state index < -0.39 is 11.9 Å². The van der Waals surface area contributed by atoms with E-state index in [1.165, 1.54) is 18.2 Å². The van der Waals surface area contributed by atoms with Crippen LogP contribution in [-0.2, 0) is 4.79 Å².